The molecule has 0 radical (unpaired) electrons. The van der Waals surface area contributed by atoms with Crippen LogP contribution in [0.1, 0.15) is 62.2 Å². The molecule has 0 aliphatic heterocycles. The highest BCUT2D eigenvalue weighted by Crippen LogP contribution is 1.97. The molecule has 0 aliphatic rings. The van der Waals surface area contributed by atoms with Crippen LogP contribution in [0.3, 0.4) is 0 Å². The van der Waals surface area contributed by atoms with Crippen LogP contribution in [0.4, 0.5) is 0 Å². The van der Waals surface area contributed by atoms with Gasteiger partial charge in [0.15, 0.2) is 0 Å². The summed E-state index contributed by atoms with van der Waals surface area (Å²) in [7, 11) is 0. The molecule has 1 aromatic heterocycles. The standard InChI is InChI=1S/C27H37N3O2/c1-2-3-4-5-6-7-8-9-10-11-12-13-14-15-16-17-20-26(31)29-22-23-30-27(32)25-19-18-21-28-24-25/h3-4,6-7,9-10,12-13,15-16,18-19,21,24H,2,5,8,11,14,17,20,22-23H2,1H3,(H,29,31)(H,30,32)/b4-3-,7-6-,10-9-,13-12-,16-15-. The number of nitrogens with one attached hydrogen (secondary N) is 2. The Kier molecular flexibility index (Phi) is 16.5. The van der Waals surface area contributed by atoms with E-state index < -0.39 is 0 Å². The Balaban J connectivity index is 1.97. The van der Waals surface area contributed by atoms with Gasteiger partial charge >= 0.3 is 0 Å². The third-order valence-electron chi connectivity index (χ3n) is 4.35. The van der Waals surface area contributed by atoms with Gasteiger partial charge in [-0.2, -0.15) is 0 Å². The number of carbonyl (C=O) groups excluding carboxylic acids is 2. The smallest absolute Gasteiger partial charge is 0.252 e. The maximum Gasteiger partial charge on any atom is 0.252 e. The first kappa shape index (κ1) is 26.8. The zero-order chi connectivity index (χ0) is 23.1. The van der Waals surface area contributed by atoms with Crippen molar-refractivity contribution in [3.8, 4) is 0 Å². The normalized spacial score (nSPS) is 12.0. The van der Waals surface area contributed by atoms with Gasteiger partial charge in [-0.15, -0.1) is 0 Å². The van der Waals surface area contributed by atoms with Gasteiger partial charge in [-0.05, 0) is 50.7 Å². The minimum absolute atomic E-state index is 0.0126. The summed E-state index contributed by atoms with van der Waals surface area (Å²) in [6, 6.07) is 3.41. The highest BCUT2D eigenvalue weighted by molar-refractivity contribution is 5.93. The SMILES string of the molecule is CC/C=C\C/C=C\C/C=C\C/C=C\C/C=C\CCC(=O)NCCNC(=O)c1cccnc1. The van der Waals surface area contributed by atoms with E-state index in [1.807, 2.05) is 6.08 Å². The van der Waals surface area contributed by atoms with Gasteiger partial charge in [-0.25, -0.2) is 0 Å². The van der Waals surface area contributed by atoms with E-state index in [2.05, 4.69) is 77.2 Å². The lowest BCUT2D eigenvalue weighted by Gasteiger charge is -2.06. The molecule has 0 aromatic carbocycles. The molecule has 0 bridgehead atoms. The number of pyridine rings is 1. The second kappa shape index (κ2) is 19.7. The first-order valence-electron chi connectivity index (χ1n) is 11.4. The molecule has 0 unspecified atom stereocenters. The second-order valence-electron chi connectivity index (χ2n) is 7.09. The predicted octanol–water partition coefficient (Wildman–Crippen LogP) is 5.46. The fourth-order valence-corrected chi connectivity index (χ4v) is 2.65. The molecule has 0 aliphatic carbocycles. The summed E-state index contributed by atoms with van der Waals surface area (Å²) >= 11 is 0. The molecule has 2 amide bonds. The molecule has 0 saturated carbocycles. The van der Waals surface area contributed by atoms with Crippen LogP contribution in [0, 0.1) is 0 Å². The minimum atomic E-state index is -0.189. The average molecular weight is 436 g/mol. The Morgan fingerprint density at radius 2 is 1.38 bits per heavy atom. The lowest BCUT2D eigenvalue weighted by atomic mass is 10.2. The molecule has 1 aromatic rings. The molecule has 0 atom stereocenters. The van der Waals surface area contributed by atoms with Crippen molar-refractivity contribution in [1.29, 1.82) is 0 Å². The zero-order valence-electron chi connectivity index (χ0n) is 19.2. The highest BCUT2D eigenvalue weighted by Gasteiger charge is 2.04. The summed E-state index contributed by atoms with van der Waals surface area (Å²) in [5, 5.41) is 5.56. The summed E-state index contributed by atoms with van der Waals surface area (Å²) in [5.41, 5.74) is 0.511. The lowest BCUT2D eigenvalue weighted by Crippen LogP contribution is -2.34. The van der Waals surface area contributed by atoms with E-state index in [1.165, 1.54) is 6.20 Å². The summed E-state index contributed by atoms with van der Waals surface area (Å²) in [6.07, 6.45) is 30.7. The van der Waals surface area contributed by atoms with E-state index >= 15 is 0 Å². The maximum absolute atomic E-state index is 11.8. The number of rotatable bonds is 16. The molecule has 2 N–H and O–H groups in total. The van der Waals surface area contributed by atoms with Gasteiger partial charge in [-0.3, -0.25) is 14.6 Å². The van der Waals surface area contributed by atoms with Crippen LogP contribution in [-0.2, 0) is 4.79 Å². The van der Waals surface area contributed by atoms with Crippen LogP contribution >= 0.6 is 0 Å². The number of amides is 2. The van der Waals surface area contributed by atoms with Crippen molar-refractivity contribution < 1.29 is 9.59 Å². The number of allylic oxidation sites excluding steroid dienone is 10. The van der Waals surface area contributed by atoms with Crippen molar-refractivity contribution in [2.45, 2.75) is 51.9 Å². The fraction of sp³-hybridized carbons (Fsp3) is 0.370. The largest absolute Gasteiger partial charge is 0.354 e. The Labute approximate surface area is 193 Å². The summed E-state index contributed by atoms with van der Waals surface area (Å²) < 4.78 is 0. The van der Waals surface area contributed by atoms with Crippen LogP contribution in [0.25, 0.3) is 0 Å². The molecule has 0 spiro atoms. The molecule has 1 heterocycles. The molecular weight excluding hydrogens is 398 g/mol. The van der Waals surface area contributed by atoms with Crippen molar-refractivity contribution in [1.82, 2.24) is 15.6 Å². The number of hydrogen-bond donors (Lipinski definition) is 2. The Hall–Kier alpha value is -3.21. The van der Waals surface area contributed by atoms with Gasteiger partial charge in [0.25, 0.3) is 5.91 Å². The van der Waals surface area contributed by atoms with Gasteiger partial charge in [0.2, 0.25) is 5.91 Å². The summed E-state index contributed by atoms with van der Waals surface area (Å²) in [4.78, 5) is 27.6. The van der Waals surface area contributed by atoms with Crippen LogP contribution in [0.5, 0.6) is 0 Å². The van der Waals surface area contributed by atoms with Crippen molar-refractivity contribution in [3.63, 3.8) is 0 Å². The monoisotopic (exact) mass is 435 g/mol. The minimum Gasteiger partial charge on any atom is -0.354 e. The molecule has 1 rings (SSSR count). The van der Waals surface area contributed by atoms with Gasteiger partial charge in [0.05, 0.1) is 5.56 Å². The quantitative estimate of drug-likeness (QED) is 0.268. The van der Waals surface area contributed by atoms with E-state index in [9.17, 15) is 9.59 Å². The molecule has 32 heavy (non-hydrogen) atoms. The van der Waals surface area contributed by atoms with E-state index in [4.69, 9.17) is 0 Å². The Bertz CT molecular complexity index is 777. The Morgan fingerprint density at radius 1 is 0.812 bits per heavy atom. The van der Waals surface area contributed by atoms with E-state index in [-0.39, 0.29) is 11.8 Å². The van der Waals surface area contributed by atoms with Crippen molar-refractivity contribution in [3.05, 3.63) is 90.9 Å². The van der Waals surface area contributed by atoms with E-state index in [0.717, 1.165) is 32.1 Å². The average Bonchev–Trinajstić information content (AvgIpc) is 2.82. The third kappa shape index (κ3) is 15.6. The first-order valence-corrected chi connectivity index (χ1v) is 11.4. The molecule has 5 nitrogen and oxygen atoms in total. The first-order chi connectivity index (χ1) is 15.7. The zero-order valence-corrected chi connectivity index (χ0v) is 19.2. The van der Waals surface area contributed by atoms with Crippen molar-refractivity contribution in [2.24, 2.45) is 0 Å². The van der Waals surface area contributed by atoms with Gasteiger partial charge in [0, 0.05) is 31.9 Å². The second-order valence-corrected chi connectivity index (χ2v) is 7.09. The van der Waals surface area contributed by atoms with Crippen molar-refractivity contribution >= 4 is 11.8 Å². The molecular formula is C27H37N3O2. The van der Waals surface area contributed by atoms with Gasteiger partial charge < -0.3 is 10.6 Å². The fourth-order valence-electron chi connectivity index (χ4n) is 2.65. The number of hydrogen-bond acceptors (Lipinski definition) is 3. The third-order valence-corrected chi connectivity index (χ3v) is 4.35. The molecule has 0 fully saturated rings. The van der Waals surface area contributed by atoms with Gasteiger partial charge in [-0.1, -0.05) is 67.7 Å². The topological polar surface area (TPSA) is 71.1 Å². The van der Waals surface area contributed by atoms with Crippen LogP contribution in [0.15, 0.2) is 85.3 Å². The van der Waals surface area contributed by atoms with Crippen LogP contribution in [-0.4, -0.2) is 29.9 Å². The number of carbonyl (C=O) groups is 2. The van der Waals surface area contributed by atoms with E-state index in [0.29, 0.717) is 31.5 Å². The maximum atomic E-state index is 11.8. The number of aromatic nitrogens is 1. The summed E-state index contributed by atoms with van der Waals surface area (Å²) in [5.74, 6) is -0.201. The summed E-state index contributed by atoms with van der Waals surface area (Å²) in [6.45, 7) is 2.95. The van der Waals surface area contributed by atoms with Crippen molar-refractivity contribution in [2.75, 3.05) is 13.1 Å². The molecule has 0 saturated heterocycles. The lowest BCUT2D eigenvalue weighted by molar-refractivity contribution is -0.120. The van der Waals surface area contributed by atoms with Gasteiger partial charge in [0.1, 0.15) is 0 Å². The predicted molar refractivity (Wildman–Crippen MR) is 133 cm³/mol. The number of nitrogens with zero attached hydrogens (tertiary/aromatic N) is 1. The highest BCUT2D eigenvalue weighted by atomic mass is 16.2. The van der Waals surface area contributed by atoms with Crippen LogP contribution in [0.2, 0.25) is 0 Å². The molecule has 172 valence electrons. The van der Waals surface area contributed by atoms with Crippen LogP contribution < -0.4 is 10.6 Å². The Morgan fingerprint density at radius 3 is 1.94 bits per heavy atom. The molecule has 5 heteroatoms. The van der Waals surface area contributed by atoms with E-state index in [1.54, 1.807) is 18.3 Å².